The number of rotatable bonds is 6. The minimum atomic E-state index is -0.253. The normalized spacial score (nSPS) is 23.2. The Kier molecular flexibility index (Phi) is 2.74. The highest BCUT2D eigenvalue weighted by Crippen LogP contribution is 2.34. The van der Waals surface area contributed by atoms with E-state index in [-0.39, 0.29) is 18.1 Å². The third-order valence-corrected chi connectivity index (χ3v) is 2.92. The molecule has 0 saturated heterocycles. The molecule has 0 unspecified atom stereocenters. The van der Waals surface area contributed by atoms with Crippen molar-refractivity contribution in [2.75, 3.05) is 13.2 Å². The van der Waals surface area contributed by atoms with Gasteiger partial charge in [-0.05, 0) is 25.7 Å². The monoisotopic (exact) mass is 198 g/mol. The first kappa shape index (κ1) is 9.93. The maximum Gasteiger partial charge on any atom is 0.221 e. The molecule has 4 heteroatoms. The van der Waals surface area contributed by atoms with Gasteiger partial charge < -0.3 is 15.7 Å². The largest absolute Gasteiger partial charge is 0.394 e. The van der Waals surface area contributed by atoms with Gasteiger partial charge in [-0.2, -0.15) is 0 Å². The van der Waals surface area contributed by atoms with Gasteiger partial charge in [0.05, 0.1) is 12.1 Å². The van der Waals surface area contributed by atoms with Crippen LogP contribution >= 0.6 is 0 Å². The van der Waals surface area contributed by atoms with E-state index in [1.807, 2.05) is 0 Å². The van der Waals surface area contributed by atoms with Gasteiger partial charge in [-0.1, -0.05) is 0 Å². The molecular weight excluding hydrogens is 180 g/mol. The van der Waals surface area contributed by atoms with Gasteiger partial charge in [-0.15, -0.1) is 0 Å². The van der Waals surface area contributed by atoms with Crippen molar-refractivity contribution >= 4 is 5.91 Å². The van der Waals surface area contributed by atoms with Gasteiger partial charge in [0.15, 0.2) is 0 Å². The number of amides is 1. The fraction of sp³-hybridized carbons (Fsp3) is 0.900. The lowest BCUT2D eigenvalue weighted by Gasteiger charge is -2.14. The maximum atomic E-state index is 11.4. The van der Waals surface area contributed by atoms with Crippen LogP contribution < -0.4 is 10.6 Å². The molecule has 2 aliphatic carbocycles. The summed E-state index contributed by atoms with van der Waals surface area (Å²) in [5.74, 6) is 0.0599. The summed E-state index contributed by atoms with van der Waals surface area (Å²) >= 11 is 0. The van der Waals surface area contributed by atoms with Crippen LogP contribution in [0.5, 0.6) is 0 Å². The molecule has 1 amide bonds. The summed E-state index contributed by atoms with van der Waals surface area (Å²) in [5, 5.41) is 15.2. The summed E-state index contributed by atoms with van der Waals surface area (Å²) in [5.41, 5.74) is -0.253. The van der Waals surface area contributed by atoms with E-state index < -0.39 is 0 Å². The molecule has 0 aliphatic heterocycles. The Morgan fingerprint density at radius 2 is 2.14 bits per heavy atom. The molecule has 4 nitrogen and oxygen atoms in total. The Balaban J connectivity index is 1.58. The first-order valence-corrected chi connectivity index (χ1v) is 5.39. The lowest BCUT2D eigenvalue weighted by Crippen LogP contribution is -2.40. The molecule has 0 heterocycles. The van der Waals surface area contributed by atoms with Crippen molar-refractivity contribution in [3.8, 4) is 0 Å². The Bertz CT molecular complexity index is 222. The topological polar surface area (TPSA) is 61.4 Å². The van der Waals surface area contributed by atoms with Crippen molar-refractivity contribution < 1.29 is 9.90 Å². The number of hydrogen-bond acceptors (Lipinski definition) is 3. The third-order valence-electron chi connectivity index (χ3n) is 2.92. The van der Waals surface area contributed by atoms with Crippen LogP contribution in [-0.4, -0.2) is 35.7 Å². The van der Waals surface area contributed by atoms with E-state index >= 15 is 0 Å². The highest BCUT2D eigenvalue weighted by molar-refractivity contribution is 5.77. The summed E-state index contributed by atoms with van der Waals surface area (Å²) in [6.45, 7) is 0.840. The van der Waals surface area contributed by atoms with E-state index in [1.54, 1.807) is 0 Å². The molecule has 0 bridgehead atoms. The number of aliphatic hydroxyl groups excluding tert-OH is 1. The van der Waals surface area contributed by atoms with Gasteiger partial charge in [-0.25, -0.2) is 0 Å². The van der Waals surface area contributed by atoms with E-state index in [1.165, 1.54) is 12.8 Å². The first-order chi connectivity index (χ1) is 6.74. The standard InChI is InChI=1S/C10H18N2O2/c13-7-10(4-5-10)12-9(14)3-6-11-8-1-2-8/h8,11,13H,1-7H2,(H,12,14). The van der Waals surface area contributed by atoms with Crippen LogP contribution in [0.1, 0.15) is 32.1 Å². The lowest BCUT2D eigenvalue weighted by atomic mass is 10.2. The number of nitrogens with one attached hydrogen (secondary N) is 2. The van der Waals surface area contributed by atoms with Crippen molar-refractivity contribution in [3.05, 3.63) is 0 Å². The van der Waals surface area contributed by atoms with Crippen LogP contribution in [0.25, 0.3) is 0 Å². The second-order valence-corrected chi connectivity index (χ2v) is 4.47. The molecule has 14 heavy (non-hydrogen) atoms. The van der Waals surface area contributed by atoms with Crippen molar-refractivity contribution in [3.63, 3.8) is 0 Å². The third kappa shape index (κ3) is 2.69. The van der Waals surface area contributed by atoms with Gasteiger partial charge in [0.1, 0.15) is 0 Å². The highest BCUT2D eigenvalue weighted by atomic mass is 16.3. The quantitative estimate of drug-likeness (QED) is 0.552. The van der Waals surface area contributed by atoms with Crippen molar-refractivity contribution in [1.82, 2.24) is 10.6 Å². The minimum Gasteiger partial charge on any atom is -0.394 e. The van der Waals surface area contributed by atoms with E-state index in [4.69, 9.17) is 5.11 Å². The smallest absolute Gasteiger partial charge is 0.221 e. The van der Waals surface area contributed by atoms with Crippen LogP contribution in [0, 0.1) is 0 Å². The average Bonchev–Trinajstić information content (AvgIpc) is 3.00. The number of hydrogen-bond donors (Lipinski definition) is 3. The molecule has 0 aromatic rings. The van der Waals surface area contributed by atoms with Gasteiger partial charge in [0.2, 0.25) is 5.91 Å². The average molecular weight is 198 g/mol. The molecule has 2 saturated carbocycles. The van der Waals surface area contributed by atoms with E-state index in [0.717, 1.165) is 19.4 Å². The number of carbonyl (C=O) groups is 1. The van der Waals surface area contributed by atoms with Crippen LogP contribution in [-0.2, 0) is 4.79 Å². The number of aliphatic hydroxyl groups is 1. The summed E-state index contributed by atoms with van der Waals surface area (Å²) in [6, 6.07) is 0.663. The second kappa shape index (κ2) is 3.87. The Morgan fingerprint density at radius 1 is 1.43 bits per heavy atom. The minimum absolute atomic E-state index is 0.0599. The predicted octanol–water partition coefficient (Wildman–Crippen LogP) is -0.230. The van der Waals surface area contributed by atoms with Gasteiger partial charge >= 0.3 is 0 Å². The summed E-state index contributed by atoms with van der Waals surface area (Å²) < 4.78 is 0. The summed E-state index contributed by atoms with van der Waals surface area (Å²) in [6.07, 6.45) is 4.87. The van der Waals surface area contributed by atoms with Crippen molar-refractivity contribution in [2.45, 2.75) is 43.7 Å². The number of carbonyl (C=O) groups excluding carboxylic acids is 1. The van der Waals surface area contributed by atoms with Crippen molar-refractivity contribution in [2.24, 2.45) is 0 Å². The van der Waals surface area contributed by atoms with Gasteiger partial charge in [-0.3, -0.25) is 4.79 Å². The zero-order valence-corrected chi connectivity index (χ0v) is 8.38. The zero-order valence-electron chi connectivity index (χ0n) is 8.38. The molecule has 2 fully saturated rings. The highest BCUT2D eigenvalue weighted by Gasteiger charge is 2.43. The van der Waals surface area contributed by atoms with Crippen LogP contribution in [0.3, 0.4) is 0 Å². The van der Waals surface area contributed by atoms with Crippen LogP contribution in [0.15, 0.2) is 0 Å². The maximum absolute atomic E-state index is 11.4. The molecule has 3 N–H and O–H groups in total. The molecule has 2 aliphatic rings. The summed E-state index contributed by atoms with van der Waals surface area (Å²) in [4.78, 5) is 11.4. The second-order valence-electron chi connectivity index (χ2n) is 4.47. The van der Waals surface area contributed by atoms with Crippen LogP contribution in [0.4, 0.5) is 0 Å². The Morgan fingerprint density at radius 3 is 2.64 bits per heavy atom. The van der Waals surface area contributed by atoms with Crippen molar-refractivity contribution in [1.29, 1.82) is 0 Å². The predicted molar refractivity (Wildman–Crippen MR) is 52.8 cm³/mol. The molecular formula is C10H18N2O2. The lowest BCUT2D eigenvalue weighted by molar-refractivity contribution is -0.122. The molecule has 0 aromatic carbocycles. The van der Waals surface area contributed by atoms with E-state index in [2.05, 4.69) is 10.6 Å². The summed E-state index contributed by atoms with van der Waals surface area (Å²) in [7, 11) is 0. The van der Waals surface area contributed by atoms with Gasteiger partial charge in [0, 0.05) is 19.0 Å². The van der Waals surface area contributed by atoms with Crippen LogP contribution in [0.2, 0.25) is 0 Å². The van der Waals surface area contributed by atoms with Gasteiger partial charge in [0.25, 0.3) is 0 Å². The Hall–Kier alpha value is -0.610. The van der Waals surface area contributed by atoms with E-state index in [9.17, 15) is 4.79 Å². The molecule has 0 atom stereocenters. The fourth-order valence-corrected chi connectivity index (χ4v) is 1.51. The Labute approximate surface area is 84.1 Å². The fourth-order valence-electron chi connectivity index (χ4n) is 1.51. The first-order valence-electron chi connectivity index (χ1n) is 5.39. The SMILES string of the molecule is O=C(CCNC1CC1)NC1(CO)CC1. The zero-order chi connectivity index (χ0) is 10.0. The molecule has 80 valence electrons. The molecule has 0 spiro atoms. The van der Waals surface area contributed by atoms with E-state index in [0.29, 0.717) is 12.5 Å². The molecule has 0 radical (unpaired) electrons. The molecule has 2 rings (SSSR count). The molecule has 0 aromatic heterocycles.